The van der Waals surface area contributed by atoms with Gasteiger partial charge < -0.3 is 4.90 Å². The molecule has 1 aliphatic heterocycles. The summed E-state index contributed by atoms with van der Waals surface area (Å²) >= 11 is 1.83. The van der Waals surface area contributed by atoms with Crippen LogP contribution in [0.25, 0.3) is 23.3 Å². The molecule has 0 spiro atoms. The largest absolute Gasteiger partial charge is 0.308 e. The first-order chi connectivity index (χ1) is 18.8. The topological polar surface area (TPSA) is 41.9 Å². The Hall–Kier alpha value is -4.48. The van der Waals surface area contributed by atoms with E-state index in [0.717, 1.165) is 41.3 Å². The number of allylic oxidation sites excluding steroid dienone is 2. The molecule has 5 heteroatoms. The third-order valence-corrected chi connectivity index (χ3v) is 8.51. The maximum atomic E-state index is 5.25. The molecule has 3 aliphatic rings. The van der Waals surface area contributed by atoms with Crippen molar-refractivity contribution >= 4 is 52.1 Å². The van der Waals surface area contributed by atoms with E-state index >= 15 is 0 Å². The highest BCUT2D eigenvalue weighted by Gasteiger charge is 2.27. The molecule has 0 saturated carbocycles. The molecule has 0 unspecified atom stereocenters. The third-order valence-electron chi connectivity index (χ3n) is 7.38. The zero-order valence-electron chi connectivity index (χ0n) is 20.5. The van der Waals surface area contributed by atoms with Crippen LogP contribution in [-0.2, 0) is 12.8 Å². The summed E-state index contributed by atoms with van der Waals surface area (Å²) in [5.74, 6) is 0. The Bertz CT molecular complexity index is 1690. The van der Waals surface area contributed by atoms with E-state index in [2.05, 4.69) is 99.8 Å². The van der Waals surface area contributed by atoms with Crippen LogP contribution in [0.4, 0.5) is 17.1 Å². The van der Waals surface area contributed by atoms with E-state index in [1.165, 1.54) is 43.4 Å². The normalized spacial score (nSPS) is 14.8. The fourth-order valence-electron chi connectivity index (χ4n) is 5.58. The molecule has 0 N–H and O–H groups in total. The second-order valence-corrected chi connectivity index (χ2v) is 10.8. The predicted octanol–water partition coefficient (Wildman–Crippen LogP) is 8.00. The fraction of sp³-hybridized carbons (Fsp3) is 0.0606. The molecule has 2 aliphatic carbocycles. The predicted molar refractivity (Wildman–Crippen MR) is 155 cm³/mol. The smallest absolute Gasteiger partial charge is 0.0694 e. The van der Waals surface area contributed by atoms with E-state index < -0.39 is 0 Å². The zero-order valence-corrected chi connectivity index (χ0v) is 21.3. The number of rotatable bonds is 3. The van der Waals surface area contributed by atoms with Crippen LogP contribution in [0.1, 0.15) is 33.9 Å². The lowest BCUT2D eigenvalue weighted by Gasteiger charge is -2.33. The van der Waals surface area contributed by atoms with Gasteiger partial charge in [-0.2, -0.15) is 0 Å². The van der Waals surface area contributed by atoms with E-state index in [0.29, 0.717) is 0 Å². The Kier molecular flexibility index (Phi) is 4.85. The summed E-state index contributed by atoms with van der Waals surface area (Å²) in [5.41, 5.74) is 12.5. The molecule has 0 fully saturated rings. The third kappa shape index (κ3) is 3.51. The molecule has 38 heavy (non-hydrogen) atoms. The standard InChI is InChI=1S/C33H22N4S/c1-3-11-32-30(9-1)37(31-10-2-4-12-33(31)38-32)25-19-28(23-15-21-7-5-13-34-26(21)17-23)36-29(20-25)24-16-22-8-6-14-35-27(22)18-24/h1-16,19-20H,17-18H2. The molecular formula is C33H22N4S. The summed E-state index contributed by atoms with van der Waals surface area (Å²) in [6.07, 6.45) is 9.80. The molecule has 8 rings (SSSR count). The molecule has 4 heterocycles. The molecule has 4 nitrogen and oxygen atoms in total. The van der Waals surface area contributed by atoms with Gasteiger partial charge in [-0.15, -0.1) is 0 Å². The monoisotopic (exact) mass is 506 g/mol. The van der Waals surface area contributed by atoms with Gasteiger partial charge in [0, 0.05) is 35.0 Å². The van der Waals surface area contributed by atoms with E-state index in [1.807, 2.05) is 36.3 Å². The van der Waals surface area contributed by atoms with Gasteiger partial charge in [0.1, 0.15) is 0 Å². The van der Waals surface area contributed by atoms with E-state index in [1.54, 1.807) is 0 Å². The molecule has 0 amide bonds. The Morgan fingerprint density at radius 3 is 1.66 bits per heavy atom. The number of nitrogens with zero attached hydrogens (tertiary/aromatic N) is 4. The van der Waals surface area contributed by atoms with Crippen LogP contribution in [-0.4, -0.2) is 15.0 Å². The van der Waals surface area contributed by atoms with Gasteiger partial charge in [0.15, 0.2) is 0 Å². The first-order valence-corrected chi connectivity index (χ1v) is 13.6. The number of aromatic nitrogens is 3. The summed E-state index contributed by atoms with van der Waals surface area (Å²) in [7, 11) is 0. The Labute approximate surface area is 225 Å². The molecule has 2 aromatic carbocycles. The average molecular weight is 507 g/mol. The lowest BCUT2D eigenvalue weighted by atomic mass is 10.0. The highest BCUT2D eigenvalue weighted by molar-refractivity contribution is 7.99. The van der Waals surface area contributed by atoms with Crippen LogP contribution < -0.4 is 4.90 Å². The van der Waals surface area contributed by atoms with Crippen LogP contribution in [0.2, 0.25) is 0 Å². The van der Waals surface area contributed by atoms with Crippen LogP contribution in [0, 0.1) is 0 Å². The average Bonchev–Trinajstić information content (AvgIpc) is 3.60. The van der Waals surface area contributed by atoms with Crippen molar-refractivity contribution in [3.8, 4) is 0 Å². The van der Waals surface area contributed by atoms with Crippen molar-refractivity contribution in [2.75, 3.05) is 4.90 Å². The highest BCUT2D eigenvalue weighted by Crippen LogP contribution is 2.51. The highest BCUT2D eigenvalue weighted by atomic mass is 32.2. The van der Waals surface area contributed by atoms with Crippen LogP contribution >= 0.6 is 11.8 Å². The zero-order chi connectivity index (χ0) is 25.1. The summed E-state index contributed by atoms with van der Waals surface area (Å²) in [5, 5.41) is 0. The quantitative estimate of drug-likeness (QED) is 0.243. The van der Waals surface area contributed by atoms with Gasteiger partial charge in [-0.1, -0.05) is 48.2 Å². The van der Waals surface area contributed by atoms with Crippen LogP contribution in [0.3, 0.4) is 0 Å². The van der Waals surface area contributed by atoms with Crippen molar-refractivity contribution in [1.29, 1.82) is 0 Å². The van der Waals surface area contributed by atoms with Gasteiger partial charge in [0.2, 0.25) is 0 Å². The van der Waals surface area contributed by atoms with Gasteiger partial charge in [-0.3, -0.25) is 9.97 Å². The fourth-order valence-corrected chi connectivity index (χ4v) is 6.64. The lowest BCUT2D eigenvalue weighted by molar-refractivity contribution is 1.09. The molecular weight excluding hydrogens is 484 g/mol. The Morgan fingerprint density at radius 2 is 1.13 bits per heavy atom. The summed E-state index contributed by atoms with van der Waals surface area (Å²) < 4.78 is 0. The van der Waals surface area contributed by atoms with Gasteiger partial charge in [-0.05, 0) is 83.0 Å². The van der Waals surface area contributed by atoms with Crippen molar-refractivity contribution in [2.45, 2.75) is 22.6 Å². The second kappa shape index (κ2) is 8.54. The molecule has 0 saturated heterocycles. The van der Waals surface area contributed by atoms with E-state index in [-0.39, 0.29) is 0 Å². The number of para-hydroxylation sites is 2. The minimum Gasteiger partial charge on any atom is -0.308 e. The maximum absolute atomic E-state index is 5.25. The summed E-state index contributed by atoms with van der Waals surface area (Å²) in [6.45, 7) is 0. The van der Waals surface area contributed by atoms with Crippen LogP contribution in [0.5, 0.6) is 0 Å². The van der Waals surface area contributed by atoms with E-state index in [9.17, 15) is 0 Å². The van der Waals surface area contributed by atoms with Gasteiger partial charge >= 0.3 is 0 Å². The number of hydrogen-bond donors (Lipinski definition) is 0. The summed E-state index contributed by atoms with van der Waals surface area (Å²) in [4.78, 5) is 19.4. The van der Waals surface area contributed by atoms with Crippen molar-refractivity contribution in [2.24, 2.45) is 0 Å². The second-order valence-electron chi connectivity index (χ2n) is 9.74. The molecule has 180 valence electrons. The molecule has 0 bridgehead atoms. The van der Waals surface area contributed by atoms with Gasteiger partial charge in [0.05, 0.1) is 39.8 Å². The molecule has 0 atom stereocenters. The SMILES string of the molecule is C1=C(c2cc(N3c4ccccc4Sc4ccccc43)cc(C3=Cc4cccnc4C3)n2)Cc2ncccc21. The maximum Gasteiger partial charge on any atom is 0.0694 e. The minimum absolute atomic E-state index is 0.788. The van der Waals surface area contributed by atoms with E-state index in [4.69, 9.17) is 4.98 Å². The lowest BCUT2D eigenvalue weighted by Crippen LogP contribution is -2.15. The number of hydrogen-bond acceptors (Lipinski definition) is 5. The minimum atomic E-state index is 0.788. The molecule has 0 radical (unpaired) electrons. The summed E-state index contributed by atoms with van der Waals surface area (Å²) in [6, 6.07) is 30.0. The number of benzene rings is 2. The van der Waals surface area contributed by atoms with Crippen LogP contribution in [0.15, 0.2) is 107 Å². The van der Waals surface area contributed by atoms with Crippen molar-refractivity contribution < 1.29 is 0 Å². The molecule has 5 aromatic rings. The van der Waals surface area contributed by atoms with Gasteiger partial charge in [0.25, 0.3) is 0 Å². The number of anilines is 3. The Morgan fingerprint density at radius 1 is 0.605 bits per heavy atom. The van der Waals surface area contributed by atoms with Crippen molar-refractivity contribution in [3.05, 3.63) is 131 Å². The van der Waals surface area contributed by atoms with Crippen molar-refractivity contribution in [1.82, 2.24) is 15.0 Å². The van der Waals surface area contributed by atoms with Gasteiger partial charge in [-0.25, -0.2) is 4.98 Å². The Balaban J connectivity index is 1.32. The first-order valence-electron chi connectivity index (χ1n) is 12.8. The molecule has 3 aromatic heterocycles. The van der Waals surface area contributed by atoms with Crippen molar-refractivity contribution in [3.63, 3.8) is 0 Å². The first kappa shape index (κ1) is 21.6. The number of fused-ring (bicyclic) bond motifs is 4. The number of pyridine rings is 3.